The summed E-state index contributed by atoms with van der Waals surface area (Å²) in [5.41, 5.74) is 1.14. The van der Waals surface area contributed by atoms with Crippen LogP contribution in [0.2, 0.25) is 0 Å². The van der Waals surface area contributed by atoms with Gasteiger partial charge in [-0.15, -0.1) is 0 Å². The number of nitrogens with zero attached hydrogens (tertiary/aromatic N) is 1. The van der Waals surface area contributed by atoms with Gasteiger partial charge in [-0.05, 0) is 68.5 Å². The van der Waals surface area contributed by atoms with Crippen LogP contribution in [-0.4, -0.2) is 52.0 Å². The lowest BCUT2D eigenvalue weighted by atomic mass is 9.97. The normalized spacial score (nSPS) is 15.3. The number of ether oxygens (including phenoxy) is 2. The number of benzene rings is 2. The summed E-state index contributed by atoms with van der Waals surface area (Å²) in [6.07, 6.45) is 2.69. The van der Waals surface area contributed by atoms with Crippen molar-refractivity contribution in [1.82, 2.24) is 9.62 Å². The van der Waals surface area contributed by atoms with Crippen molar-refractivity contribution >= 4 is 15.9 Å². The maximum absolute atomic E-state index is 12.9. The van der Waals surface area contributed by atoms with Gasteiger partial charge in [0.2, 0.25) is 15.9 Å². The Hall–Kier alpha value is -2.58. The average Bonchev–Trinajstić information content (AvgIpc) is 2.83. The van der Waals surface area contributed by atoms with Crippen molar-refractivity contribution in [3.63, 3.8) is 0 Å². The Morgan fingerprint density at radius 3 is 2.44 bits per heavy atom. The number of piperidine rings is 1. The first-order valence-corrected chi connectivity index (χ1v) is 12.5. The fourth-order valence-corrected chi connectivity index (χ4v) is 5.37. The Morgan fingerprint density at radius 1 is 1.09 bits per heavy atom. The van der Waals surface area contributed by atoms with Crippen LogP contribution >= 0.6 is 0 Å². The van der Waals surface area contributed by atoms with Gasteiger partial charge in [-0.3, -0.25) is 4.79 Å². The number of amides is 1. The van der Waals surface area contributed by atoms with Crippen molar-refractivity contribution < 1.29 is 22.7 Å². The molecule has 1 heterocycles. The first-order chi connectivity index (χ1) is 15.5. The third kappa shape index (κ3) is 6.01. The second-order valence-electron chi connectivity index (χ2n) is 7.79. The van der Waals surface area contributed by atoms with Gasteiger partial charge in [-0.25, -0.2) is 8.42 Å². The molecule has 1 saturated heterocycles. The highest BCUT2D eigenvalue weighted by molar-refractivity contribution is 7.89. The molecule has 3 rings (SSSR count). The van der Waals surface area contributed by atoms with Crippen molar-refractivity contribution in [3.8, 4) is 11.5 Å². The molecule has 7 nitrogen and oxygen atoms in total. The van der Waals surface area contributed by atoms with E-state index in [1.165, 1.54) is 4.31 Å². The Morgan fingerprint density at radius 2 is 1.78 bits per heavy atom. The van der Waals surface area contributed by atoms with Crippen LogP contribution in [0.5, 0.6) is 11.5 Å². The van der Waals surface area contributed by atoms with E-state index < -0.39 is 10.0 Å². The van der Waals surface area contributed by atoms with Crippen LogP contribution in [0.15, 0.2) is 53.4 Å². The Kier molecular flexibility index (Phi) is 8.53. The smallest absolute Gasteiger partial charge is 0.243 e. The average molecular weight is 461 g/mol. The van der Waals surface area contributed by atoms with Crippen LogP contribution in [0, 0.1) is 5.92 Å². The molecule has 0 spiro atoms. The summed E-state index contributed by atoms with van der Waals surface area (Å²) in [4.78, 5) is 12.8. The number of methoxy groups -OCH3 is 1. The third-order valence-corrected chi connectivity index (χ3v) is 7.63. The summed E-state index contributed by atoms with van der Waals surface area (Å²) < 4.78 is 37.9. The lowest BCUT2D eigenvalue weighted by molar-refractivity contribution is -0.126. The van der Waals surface area contributed by atoms with E-state index in [1.54, 1.807) is 31.4 Å². The molecule has 1 aliphatic heterocycles. The highest BCUT2D eigenvalue weighted by atomic mass is 32.2. The molecule has 0 bridgehead atoms. The molecule has 0 unspecified atom stereocenters. The van der Waals surface area contributed by atoms with E-state index in [2.05, 4.69) is 5.32 Å². The second-order valence-corrected chi connectivity index (χ2v) is 9.73. The summed E-state index contributed by atoms with van der Waals surface area (Å²) >= 11 is 0. The number of rotatable bonds is 10. The van der Waals surface area contributed by atoms with E-state index in [-0.39, 0.29) is 16.7 Å². The van der Waals surface area contributed by atoms with Gasteiger partial charge >= 0.3 is 0 Å². The molecule has 0 aromatic heterocycles. The van der Waals surface area contributed by atoms with E-state index in [4.69, 9.17) is 9.47 Å². The molecule has 0 atom stereocenters. The number of carbonyl (C=O) groups is 1. The Balaban J connectivity index is 1.44. The summed E-state index contributed by atoms with van der Waals surface area (Å²) in [5, 5.41) is 3.01. The third-order valence-electron chi connectivity index (χ3n) is 5.72. The van der Waals surface area contributed by atoms with E-state index >= 15 is 0 Å². The summed E-state index contributed by atoms with van der Waals surface area (Å²) in [6.45, 7) is 3.86. The maximum Gasteiger partial charge on any atom is 0.243 e. The number of para-hydroxylation sites is 1. The van der Waals surface area contributed by atoms with Gasteiger partial charge in [-0.2, -0.15) is 4.31 Å². The molecule has 0 saturated carbocycles. The monoisotopic (exact) mass is 460 g/mol. The zero-order chi connectivity index (χ0) is 23.0. The van der Waals surface area contributed by atoms with Crippen LogP contribution in [0.4, 0.5) is 0 Å². The van der Waals surface area contributed by atoms with Gasteiger partial charge in [-0.1, -0.05) is 18.2 Å². The number of sulfonamides is 1. The van der Waals surface area contributed by atoms with E-state index in [1.807, 2.05) is 31.2 Å². The van der Waals surface area contributed by atoms with Crippen LogP contribution in [0.25, 0.3) is 0 Å². The van der Waals surface area contributed by atoms with Crippen molar-refractivity contribution in [1.29, 1.82) is 0 Å². The number of aryl methyl sites for hydroxylation is 1. The molecule has 1 N–H and O–H groups in total. The predicted molar refractivity (Wildman–Crippen MR) is 123 cm³/mol. The van der Waals surface area contributed by atoms with Gasteiger partial charge < -0.3 is 14.8 Å². The minimum absolute atomic E-state index is 0.00425. The van der Waals surface area contributed by atoms with E-state index in [9.17, 15) is 13.2 Å². The standard InChI is InChI=1S/C24H32N2O5S/c1-3-31-23-9-5-4-7-19(23)8-6-16-25-24(27)20-14-17-26(18-15-20)32(28,29)22-12-10-21(30-2)11-13-22/h4-5,7,9-13,20H,3,6,8,14-18H2,1-2H3,(H,25,27). The molecule has 0 aliphatic carbocycles. The molecule has 2 aromatic rings. The molecule has 8 heteroatoms. The van der Waals surface area contributed by atoms with Gasteiger partial charge in [0.25, 0.3) is 0 Å². The largest absolute Gasteiger partial charge is 0.497 e. The summed E-state index contributed by atoms with van der Waals surface area (Å²) in [7, 11) is -2.02. The van der Waals surface area contributed by atoms with Crippen LogP contribution in [-0.2, 0) is 21.2 Å². The zero-order valence-corrected chi connectivity index (χ0v) is 19.6. The summed E-state index contributed by atoms with van der Waals surface area (Å²) in [6, 6.07) is 14.3. The molecule has 174 valence electrons. The van der Waals surface area contributed by atoms with Crippen LogP contribution in [0.1, 0.15) is 31.7 Å². The molecule has 1 fully saturated rings. The number of hydrogen-bond acceptors (Lipinski definition) is 5. The van der Waals surface area contributed by atoms with E-state index in [0.717, 1.165) is 24.2 Å². The fourth-order valence-electron chi connectivity index (χ4n) is 3.90. The molecule has 32 heavy (non-hydrogen) atoms. The first kappa shape index (κ1) is 24.1. The molecule has 0 radical (unpaired) electrons. The lowest BCUT2D eigenvalue weighted by Gasteiger charge is -2.30. The quantitative estimate of drug-likeness (QED) is 0.550. The van der Waals surface area contributed by atoms with Crippen molar-refractivity contribution in [2.75, 3.05) is 33.4 Å². The minimum atomic E-state index is -3.56. The Bertz CT molecular complexity index is 984. The van der Waals surface area contributed by atoms with Gasteiger partial charge in [0.1, 0.15) is 11.5 Å². The highest BCUT2D eigenvalue weighted by Crippen LogP contribution is 2.25. The Labute approximate surface area is 190 Å². The zero-order valence-electron chi connectivity index (χ0n) is 18.7. The van der Waals surface area contributed by atoms with Crippen molar-refractivity contribution in [3.05, 3.63) is 54.1 Å². The fraction of sp³-hybridized carbons (Fsp3) is 0.458. The molecular weight excluding hydrogens is 428 g/mol. The van der Waals surface area contributed by atoms with Crippen molar-refractivity contribution in [2.24, 2.45) is 5.92 Å². The van der Waals surface area contributed by atoms with Gasteiger partial charge in [0.15, 0.2) is 0 Å². The number of nitrogens with one attached hydrogen (secondary N) is 1. The highest BCUT2D eigenvalue weighted by Gasteiger charge is 2.32. The van der Waals surface area contributed by atoms with Gasteiger partial charge in [0, 0.05) is 25.6 Å². The van der Waals surface area contributed by atoms with Crippen molar-refractivity contribution in [2.45, 2.75) is 37.5 Å². The number of hydrogen-bond donors (Lipinski definition) is 1. The van der Waals surface area contributed by atoms with Crippen LogP contribution < -0.4 is 14.8 Å². The molecule has 1 aliphatic rings. The second kappa shape index (κ2) is 11.3. The first-order valence-electron chi connectivity index (χ1n) is 11.1. The van der Waals surface area contributed by atoms with Gasteiger partial charge in [0.05, 0.1) is 18.6 Å². The lowest BCUT2D eigenvalue weighted by Crippen LogP contribution is -2.43. The predicted octanol–water partition coefficient (Wildman–Crippen LogP) is 3.24. The molecular formula is C24H32N2O5S. The minimum Gasteiger partial charge on any atom is -0.497 e. The molecule has 1 amide bonds. The van der Waals surface area contributed by atoms with Crippen LogP contribution in [0.3, 0.4) is 0 Å². The van der Waals surface area contributed by atoms with E-state index in [0.29, 0.717) is 44.8 Å². The maximum atomic E-state index is 12.9. The molecule has 2 aromatic carbocycles. The summed E-state index contributed by atoms with van der Waals surface area (Å²) in [5.74, 6) is 1.35. The number of carbonyl (C=O) groups excluding carboxylic acids is 1. The topological polar surface area (TPSA) is 84.9 Å². The SMILES string of the molecule is CCOc1ccccc1CCCNC(=O)C1CCN(S(=O)(=O)c2ccc(OC)cc2)CC1.